The number of benzene rings is 3. The molecule has 0 aliphatic carbocycles. The molecule has 1 aliphatic heterocycles. The highest BCUT2D eigenvalue weighted by atomic mass is 19.1. The van der Waals surface area contributed by atoms with Gasteiger partial charge in [0.2, 0.25) is 5.91 Å². The Morgan fingerprint density at radius 2 is 1.71 bits per heavy atom. The van der Waals surface area contributed by atoms with Crippen LogP contribution in [0, 0.1) is 11.7 Å². The molecule has 1 saturated heterocycles. The molecule has 3 aromatic carbocycles. The van der Waals surface area contributed by atoms with Crippen LogP contribution in [0.5, 0.6) is 0 Å². The Balaban J connectivity index is 1.54. The van der Waals surface area contributed by atoms with Crippen LogP contribution in [0.2, 0.25) is 0 Å². The van der Waals surface area contributed by atoms with Crippen molar-refractivity contribution in [2.75, 3.05) is 4.90 Å². The van der Waals surface area contributed by atoms with Gasteiger partial charge in [-0.15, -0.1) is 0 Å². The second-order valence-electron chi connectivity index (χ2n) is 6.64. The number of hydrogen-bond acceptors (Lipinski definition) is 5. The van der Waals surface area contributed by atoms with Crippen molar-refractivity contribution in [3.8, 4) is 0 Å². The standard InChI is InChI=1S/C22H15FN4O4/c23-17-10-3-4-11-18(17)27-21(30)16(19(28)25-22(27)31)12-24-26-20(29)15-9-5-7-13-6-1-2-8-14(13)15/h1-12,16H,(H,26,29)(H,25,28,31)/b24-12-/t16-/m0/s1. The molecule has 31 heavy (non-hydrogen) atoms. The van der Waals surface area contributed by atoms with E-state index in [0.29, 0.717) is 15.8 Å². The fourth-order valence-corrected chi connectivity index (χ4v) is 3.24. The Kier molecular flexibility index (Phi) is 5.23. The lowest BCUT2D eigenvalue weighted by Crippen LogP contribution is -2.59. The smallest absolute Gasteiger partial charge is 0.276 e. The van der Waals surface area contributed by atoms with E-state index in [1.165, 1.54) is 18.2 Å². The molecule has 8 nitrogen and oxygen atoms in total. The van der Waals surface area contributed by atoms with Crippen molar-refractivity contribution in [3.05, 3.63) is 78.1 Å². The fourth-order valence-electron chi connectivity index (χ4n) is 3.24. The Labute approximate surface area is 175 Å². The van der Waals surface area contributed by atoms with Crippen LogP contribution in [0.15, 0.2) is 71.8 Å². The second kappa shape index (κ2) is 8.15. The first-order valence-electron chi connectivity index (χ1n) is 9.22. The number of amides is 5. The molecular weight excluding hydrogens is 403 g/mol. The number of nitrogens with zero attached hydrogens (tertiary/aromatic N) is 2. The van der Waals surface area contributed by atoms with Crippen LogP contribution in [0.1, 0.15) is 10.4 Å². The zero-order valence-corrected chi connectivity index (χ0v) is 15.9. The van der Waals surface area contributed by atoms with E-state index in [4.69, 9.17) is 0 Å². The molecule has 0 radical (unpaired) electrons. The minimum absolute atomic E-state index is 0.296. The summed E-state index contributed by atoms with van der Waals surface area (Å²) in [4.78, 5) is 50.0. The third-order valence-corrected chi connectivity index (χ3v) is 4.72. The normalized spacial score (nSPS) is 16.6. The van der Waals surface area contributed by atoms with Gasteiger partial charge in [0.15, 0.2) is 5.92 Å². The minimum Gasteiger partial charge on any atom is -0.276 e. The fraction of sp³-hybridized carbons (Fsp3) is 0.0455. The van der Waals surface area contributed by atoms with E-state index >= 15 is 0 Å². The molecule has 3 aromatic rings. The number of carbonyl (C=O) groups excluding carboxylic acids is 4. The van der Waals surface area contributed by atoms with E-state index in [9.17, 15) is 23.6 Å². The van der Waals surface area contributed by atoms with Gasteiger partial charge >= 0.3 is 6.03 Å². The zero-order valence-electron chi connectivity index (χ0n) is 15.9. The number of fused-ring (bicyclic) bond motifs is 1. The number of nitrogens with one attached hydrogen (secondary N) is 2. The maximum Gasteiger partial charge on any atom is 0.335 e. The molecule has 1 aliphatic rings. The number of hydrazone groups is 1. The predicted molar refractivity (Wildman–Crippen MR) is 111 cm³/mol. The van der Waals surface area contributed by atoms with Gasteiger partial charge in [-0.2, -0.15) is 5.10 Å². The van der Waals surface area contributed by atoms with Crippen LogP contribution in [0.25, 0.3) is 10.8 Å². The molecule has 1 atom stereocenters. The number of carbonyl (C=O) groups is 4. The molecule has 0 spiro atoms. The largest absolute Gasteiger partial charge is 0.335 e. The highest BCUT2D eigenvalue weighted by molar-refractivity contribution is 6.32. The van der Waals surface area contributed by atoms with Gasteiger partial charge in [0.25, 0.3) is 11.8 Å². The van der Waals surface area contributed by atoms with Gasteiger partial charge in [-0.3, -0.25) is 19.7 Å². The zero-order chi connectivity index (χ0) is 22.0. The van der Waals surface area contributed by atoms with Crippen molar-refractivity contribution in [1.29, 1.82) is 0 Å². The van der Waals surface area contributed by atoms with E-state index in [1.54, 1.807) is 24.3 Å². The van der Waals surface area contributed by atoms with Crippen LogP contribution < -0.4 is 15.6 Å². The number of halogens is 1. The average Bonchev–Trinajstić information content (AvgIpc) is 2.76. The first kappa shape index (κ1) is 19.9. The third-order valence-electron chi connectivity index (χ3n) is 4.72. The van der Waals surface area contributed by atoms with Gasteiger partial charge in [0, 0.05) is 11.8 Å². The van der Waals surface area contributed by atoms with Crippen LogP contribution >= 0.6 is 0 Å². The molecule has 5 amide bonds. The summed E-state index contributed by atoms with van der Waals surface area (Å²) in [6.07, 6.45) is 0.904. The van der Waals surface area contributed by atoms with Crippen molar-refractivity contribution < 1.29 is 23.6 Å². The Hall–Kier alpha value is -4.40. The molecule has 4 rings (SSSR count). The molecule has 0 saturated carbocycles. The predicted octanol–water partition coefficient (Wildman–Crippen LogP) is 2.59. The van der Waals surface area contributed by atoms with E-state index < -0.39 is 35.5 Å². The number of rotatable bonds is 4. The molecule has 2 N–H and O–H groups in total. The number of imide groups is 2. The van der Waals surface area contributed by atoms with E-state index in [1.807, 2.05) is 23.5 Å². The van der Waals surface area contributed by atoms with Crippen molar-refractivity contribution >= 4 is 46.4 Å². The maximum absolute atomic E-state index is 14.1. The summed E-state index contributed by atoms with van der Waals surface area (Å²) in [6, 6.07) is 16.6. The van der Waals surface area contributed by atoms with E-state index in [-0.39, 0.29) is 5.69 Å². The number of hydrogen-bond donors (Lipinski definition) is 2. The van der Waals surface area contributed by atoms with Crippen molar-refractivity contribution in [2.24, 2.45) is 11.0 Å². The lowest BCUT2D eigenvalue weighted by Gasteiger charge is -2.28. The van der Waals surface area contributed by atoms with Gasteiger partial charge in [-0.25, -0.2) is 19.5 Å². The topological polar surface area (TPSA) is 108 Å². The number of barbiturate groups is 1. The summed E-state index contributed by atoms with van der Waals surface area (Å²) in [7, 11) is 0. The van der Waals surface area contributed by atoms with Gasteiger partial charge in [0.1, 0.15) is 5.82 Å². The van der Waals surface area contributed by atoms with Crippen molar-refractivity contribution in [1.82, 2.24) is 10.7 Å². The molecule has 1 heterocycles. The molecule has 9 heteroatoms. The Bertz CT molecular complexity index is 1250. The molecule has 1 fully saturated rings. The molecular formula is C22H15FN4O4. The lowest BCUT2D eigenvalue weighted by molar-refractivity contribution is -0.131. The van der Waals surface area contributed by atoms with Crippen LogP contribution in [-0.2, 0) is 9.59 Å². The quantitative estimate of drug-likeness (QED) is 0.386. The summed E-state index contributed by atoms with van der Waals surface area (Å²) >= 11 is 0. The van der Waals surface area contributed by atoms with Crippen molar-refractivity contribution in [3.63, 3.8) is 0 Å². The lowest BCUT2D eigenvalue weighted by atomic mass is 10.0. The number of anilines is 1. The minimum atomic E-state index is -1.52. The van der Waals surface area contributed by atoms with E-state index in [0.717, 1.165) is 17.7 Å². The SMILES string of the molecule is O=C(N/N=C\[C@H]1C(=O)NC(=O)N(c2ccccc2F)C1=O)c1cccc2ccccc12. The van der Waals surface area contributed by atoms with Gasteiger partial charge in [-0.1, -0.05) is 48.5 Å². The van der Waals surface area contributed by atoms with Crippen molar-refractivity contribution in [2.45, 2.75) is 0 Å². The molecule has 154 valence electrons. The summed E-state index contributed by atoms with van der Waals surface area (Å²) in [6.45, 7) is 0. The number of urea groups is 1. The highest BCUT2D eigenvalue weighted by Gasteiger charge is 2.41. The molecule has 0 bridgehead atoms. The highest BCUT2D eigenvalue weighted by Crippen LogP contribution is 2.23. The van der Waals surface area contributed by atoms with Gasteiger partial charge in [0.05, 0.1) is 5.69 Å². The monoisotopic (exact) mass is 418 g/mol. The first-order chi connectivity index (χ1) is 15.0. The summed E-state index contributed by atoms with van der Waals surface area (Å²) < 4.78 is 14.1. The third kappa shape index (κ3) is 3.76. The Morgan fingerprint density at radius 1 is 1.00 bits per heavy atom. The molecule has 0 aromatic heterocycles. The van der Waals surface area contributed by atoms with Crippen LogP contribution in [0.3, 0.4) is 0 Å². The maximum atomic E-state index is 14.1. The molecule has 0 unspecified atom stereocenters. The summed E-state index contributed by atoms with van der Waals surface area (Å²) in [5.41, 5.74) is 2.34. The van der Waals surface area contributed by atoms with E-state index in [2.05, 4.69) is 10.5 Å². The van der Waals surface area contributed by atoms with Gasteiger partial charge in [-0.05, 0) is 29.0 Å². The Morgan fingerprint density at radius 3 is 2.52 bits per heavy atom. The van der Waals surface area contributed by atoms with Crippen LogP contribution in [0.4, 0.5) is 14.9 Å². The first-order valence-corrected chi connectivity index (χ1v) is 9.22. The number of para-hydroxylation sites is 1. The average molecular weight is 418 g/mol. The summed E-state index contributed by atoms with van der Waals surface area (Å²) in [5.74, 6) is -4.78. The summed E-state index contributed by atoms with van der Waals surface area (Å²) in [5, 5.41) is 7.27. The second-order valence-corrected chi connectivity index (χ2v) is 6.64. The van der Waals surface area contributed by atoms with Gasteiger partial charge < -0.3 is 0 Å². The van der Waals surface area contributed by atoms with Crippen LogP contribution in [-0.4, -0.2) is 30.0 Å².